The van der Waals surface area contributed by atoms with Gasteiger partial charge in [0, 0.05) is 37.4 Å². The van der Waals surface area contributed by atoms with Crippen LogP contribution in [-0.4, -0.2) is 54.1 Å². The second kappa shape index (κ2) is 9.23. The molecular weight excluding hydrogens is 421 g/mol. The zero-order valence-electron chi connectivity index (χ0n) is 15.4. The first-order chi connectivity index (χ1) is 13.4. The molecule has 1 aliphatic heterocycles. The number of hydrogen-bond acceptors (Lipinski definition) is 4. The van der Waals surface area contributed by atoms with Gasteiger partial charge in [-0.3, -0.25) is 9.69 Å². The summed E-state index contributed by atoms with van der Waals surface area (Å²) in [5.74, 6) is 0.371. The first-order valence-corrected chi connectivity index (χ1v) is 10.1. The van der Waals surface area contributed by atoms with Crippen molar-refractivity contribution < 1.29 is 9.53 Å². The quantitative estimate of drug-likeness (QED) is 0.712. The maximum absolute atomic E-state index is 12.7. The average molecular weight is 443 g/mol. The number of nitrogens with one attached hydrogen (secondary N) is 1. The molecule has 2 aromatic carbocycles. The zero-order valence-corrected chi connectivity index (χ0v) is 17.7. The molecule has 150 valence electrons. The Morgan fingerprint density at radius 3 is 2.14 bits per heavy atom. The van der Waals surface area contributed by atoms with E-state index in [-0.39, 0.29) is 5.91 Å². The van der Waals surface area contributed by atoms with E-state index >= 15 is 0 Å². The summed E-state index contributed by atoms with van der Waals surface area (Å²) in [6.45, 7) is 2.88. The number of ether oxygens (including phenoxy) is 1. The van der Waals surface area contributed by atoms with E-state index in [1.165, 1.54) is 0 Å². The lowest BCUT2D eigenvalue weighted by atomic mass is 10.2. The molecule has 0 radical (unpaired) electrons. The maximum Gasteiger partial charge on any atom is 0.252 e. The largest absolute Gasteiger partial charge is 0.497 e. The van der Waals surface area contributed by atoms with E-state index in [2.05, 4.69) is 22.3 Å². The summed E-state index contributed by atoms with van der Waals surface area (Å²) in [7, 11) is 1.57. The van der Waals surface area contributed by atoms with Gasteiger partial charge in [0.25, 0.3) is 5.91 Å². The third-order valence-electron chi connectivity index (χ3n) is 4.73. The van der Waals surface area contributed by atoms with Crippen LogP contribution in [0.3, 0.4) is 0 Å². The Morgan fingerprint density at radius 2 is 1.61 bits per heavy atom. The normalized spacial score (nSPS) is 16.5. The molecule has 5 nitrogen and oxygen atoms in total. The van der Waals surface area contributed by atoms with Crippen molar-refractivity contribution in [2.45, 2.75) is 9.96 Å². The fourth-order valence-corrected chi connectivity index (χ4v) is 3.78. The van der Waals surface area contributed by atoms with Crippen molar-refractivity contribution >= 4 is 46.4 Å². The highest BCUT2D eigenvalue weighted by Gasteiger charge is 2.39. The van der Waals surface area contributed by atoms with Crippen molar-refractivity contribution in [3.8, 4) is 5.75 Å². The van der Waals surface area contributed by atoms with Gasteiger partial charge in [-0.2, -0.15) is 0 Å². The number of nitrogens with zero attached hydrogens (tertiary/aromatic N) is 2. The number of para-hydroxylation sites is 1. The van der Waals surface area contributed by atoms with Crippen molar-refractivity contribution in [1.82, 2.24) is 10.2 Å². The minimum Gasteiger partial charge on any atom is -0.497 e. The van der Waals surface area contributed by atoms with Crippen LogP contribution >= 0.6 is 34.8 Å². The van der Waals surface area contributed by atoms with Gasteiger partial charge in [0.1, 0.15) is 11.9 Å². The highest BCUT2D eigenvalue weighted by Crippen LogP contribution is 2.33. The minimum absolute atomic E-state index is 0.301. The van der Waals surface area contributed by atoms with Crippen LogP contribution in [0.2, 0.25) is 0 Å². The smallest absolute Gasteiger partial charge is 0.252 e. The average Bonchev–Trinajstić information content (AvgIpc) is 2.72. The molecule has 8 heteroatoms. The fraction of sp³-hybridized carbons (Fsp3) is 0.350. The Balaban J connectivity index is 1.66. The number of carbonyl (C=O) groups is 1. The molecule has 3 rings (SSSR count). The first kappa shape index (κ1) is 21.1. The van der Waals surface area contributed by atoms with Gasteiger partial charge in [0.15, 0.2) is 0 Å². The Bertz CT molecular complexity index is 774. The number of hydrogen-bond donors (Lipinski definition) is 1. The lowest BCUT2D eigenvalue weighted by Crippen LogP contribution is -2.60. The van der Waals surface area contributed by atoms with Crippen LogP contribution in [0, 0.1) is 0 Å². The Morgan fingerprint density at radius 1 is 1.00 bits per heavy atom. The lowest BCUT2D eigenvalue weighted by molar-refractivity contribution is 0.0841. The molecule has 1 heterocycles. The van der Waals surface area contributed by atoms with Gasteiger partial charge in [-0.15, -0.1) is 0 Å². The number of rotatable bonds is 5. The van der Waals surface area contributed by atoms with Crippen LogP contribution in [0.25, 0.3) is 0 Å². The second-order valence-corrected chi connectivity index (χ2v) is 8.87. The highest BCUT2D eigenvalue weighted by atomic mass is 35.6. The molecule has 0 spiro atoms. The van der Waals surface area contributed by atoms with Crippen molar-refractivity contribution in [2.75, 3.05) is 38.2 Å². The molecule has 1 atom stereocenters. The molecule has 0 bridgehead atoms. The van der Waals surface area contributed by atoms with Gasteiger partial charge in [-0.1, -0.05) is 53.0 Å². The van der Waals surface area contributed by atoms with Crippen LogP contribution in [0.1, 0.15) is 10.4 Å². The summed E-state index contributed by atoms with van der Waals surface area (Å²) in [6.07, 6.45) is -0.731. The monoisotopic (exact) mass is 441 g/mol. The van der Waals surface area contributed by atoms with Crippen molar-refractivity contribution in [3.63, 3.8) is 0 Å². The lowest BCUT2D eigenvalue weighted by Gasteiger charge is -2.42. The molecule has 28 heavy (non-hydrogen) atoms. The van der Waals surface area contributed by atoms with Crippen LogP contribution in [0.5, 0.6) is 5.75 Å². The van der Waals surface area contributed by atoms with Crippen molar-refractivity contribution in [1.29, 1.82) is 0 Å². The van der Waals surface area contributed by atoms with Gasteiger partial charge in [-0.25, -0.2) is 0 Å². The fourth-order valence-electron chi connectivity index (χ4n) is 3.21. The molecule has 0 aliphatic carbocycles. The third kappa shape index (κ3) is 5.23. The number of methoxy groups -OCH3 is 1. The molecule has 1 saturated heterocycles. The molecule has 0 aromatic heterocycles. The Hall–Kier alpha value is -1.66. The van der Waals surface area contributed by atoms with E-state index in [9.17, 15) is 4.79 Å². The first-order valence-electron chi connectivity index (χ1n) is 8.94. The Kier molecular flexibility index (Phi) is 6.94. The molecule has 1 N–H and O–H groups in total. The number of alkyl halides is 3. The van der Waals surface area contributed by atoms with E-state index in [1.54, 1.807) is 31.4 Å². The SMILES string of the molecule is COc1ccc(C(=O)N[C@H](N2CCN(c3ccccc3)CC2)C(Cl)(Cl)Cl)cc1. The third-order valence-corrected chi connectivity index (χ3v) is 5.35. The van der Waals surface area contributed by atoms with Crippen LogP contribution < -0.4 is 15.0 Å². The zero-order chi connectivity index (χ0) is 20.1. The highest BCUT2D eigenvalue weighted by molar-refractivity contribution is 6.68. The number of benzene rings is 2. The molecule has 1 amide bonds. The van der Waals surface area contributed by atoms with E-state index in [0.717, 1.165) is 18.8 Å². The summed E-state index contributed by atoms with van der Waals surface area (Å²) in [4.78, 5) is 16.9. The van der Waals surface area contributed by atoms with Gasteiger partial charge in [-0.05, 0) is 36.4 Å². The number of piperazine rings is 1. The number of anilines is 1. The van der Waals surface area contributed by atoms with Crippen molar-refractivity contribution in [3.05, 3.63) is 60.2 Å². The second-order valence-electron chi connectivity index (χ2n) is 6.50. The van der Waals surface area contributed by atoms with E-state index in [0.29, 0.717) is 24.4 Å². The number of halogens is 3. The molecule has 1 aliphatic rings. The van der Waals surface area contributed by atoms with Crippen LogP contribution in [0.15, 0.2) is 54.6 Å². The van der Waals surface area contributed by atoms with Gasteiger partial charge >= 0.3 is 0 Å². The van der Waals surface area contributed by atoms with Gasteiger partial charge < -0.3 is 15.0 Å². The predicted octanol–water partition coefficient (Wildman–Crippen LogP) is 3.94. The Labute approximate surface area is 180 Å². The molecular formula is C20H22Cl3N3O2. The van der Waals surface area contributed by atoms with Gasteiger partial charge in [0.05, 0.1) is 7.11 Å². The van der Waals surface area contributed by atoms with E-state index in [1.807, 2.05) is 23.1 Å². The molecule has 1 fully saturated rings. The van der Waals surface area contributed by atoms with Crippen molar-refractivity contribution in [2.24, 2.45) is 0 Å². The standard InChI is InChI=1S/C20H22Cl3N3O2/c1-28-17-9-7-15(8-10-17)18(27)24-19(20(21,22)23)26-13-11-25(12-14-26)16-5-3-2-4-6-16/h2-10,19H,11-14H2,1H3,(H,24,27)/t19-/m1/s1. The maximum atomic E-state index is 12.7. The molecule has 0 saturated carbocycles. The molecule has 0 unspecified atom stereocenters. The topological polar surface area (TPSA) is 44.8 Å². The summed E-state index contributed by atoms with van der Waals surface area (Å²) in [5.41, 5.74) is 1.64. The predicted molar refractivity (Wildman–Crippen MR) is 115 cm³/mol. The van der Waals surface area contributed by atoms with Gasteiger partial charge in [0.2, 0.25) is 3.79 Å². The minimum atomic E-state index is -1.66. The number of carbonyl (C=O) groups excluding carboxylic acids is 1. The number of amides is 1. The van der Waals surface area contributed by atoms with Crippen LogP contribution in [-0.2, 0) is 0 Å². The summed E-state index contributed by atoms with van der Waals surface area (Å²) in [5, 5.41) is 2.87. The van der Waals surface area contributed by atoms with E-state index in [4.69, 9.17) is 39.5 Å². The molecule has 2 aromatic rings. The summed E-state index contributed by atoms with van der Waals surface area (Å²) >= 11 is 18.6. The van der Waals surface area contributed by atoms with Crippen LogP contribution in [0.4, 0.5) is 5.69 Å². The summed E-state index contributed by atoms with van der Waals surface area (Å²) < 4.78 is 3.46. The summed E-state index contributed by atoms with van der Waals surface area (Å²) in [6, 6.07) is 17.0. The van der Waals surface area contributed by atoms with E-state index < -0.39 is 9.96 Å².